The summed E-state index contributed by atoms with van der Waals surface area (Å²) in [6.07, 6.45) is 4.39. The Labute approximate surface area is 165 Å². The Morgan fingerprint density at radius 2 is 2.15 bits per heavy atom. The van der Waals surface area contributed by atoms with Crippen LogP contribution in [-0.2, 0) is 12.0 Å². The summed E-state index contributed by atoms with van der Waals surface area (Å²) < 4.78 is 5.84. The third-order valence-corrected chi connectivity index (χ3v) is 4.79. The topological polar surface area (TPSA) is 65.7 Å². The van der Waals surface area contributed by atoms with Crippen LogP contribution in [0.3, 0.4) is 0 Å². The van der Waals surface area contributed by atoms with Crippen LogP contribution in [-0.4, -0.2) is 48.6 Å². The summed E-state index contributed by atoms with van der Waals surface area (Å²) in [6.45, 7) is 18.9. The molecule has 6 nitrogen and oxygen atoms in total. The van der Waals surface area contributed by atoms with Crippen LogP contribution in [0.1, 0.15) is 66.0 Å². The Hall–Kier alpha value is -1.56. The van der Waals surface area contributed by atoms with Gasteiger partial charge in [0.05, 0.1) is 6.20 Å². The summed E-state index contributed by atoms with van der Waals surface area (Å²) in [5.41, 5.74) is -0.0272. The Kier molecular flexibility index (Phi) is 8.14. The second kappa shape index (κ2) is 10.1. The predicted octanol–water partition coefficient (Wildman–Crippen LogP) is 3.40. The highest BCUT2D eigenvalue weighted by atomic mass is 16.4. The van der Waals surface area contributed by atoms with Gasteiger partial charge in [0.1, 0.15) is 12.3 Å². The Balaban J connectivity index is 1.87. The van der Waals surface area contributed by atoms with E-state index in [4.69, 9.17) is 4.42 Å². The standard InChI is InChI=1S/C21H39N5O/c1-7-22-20(25-13-19-23-12-18(27-19)21(4,5)6)24-11-17-9-8-10-26(15-17)14-16(2)3/h12,16-17H,7-11,13-15H2,1-6H3,(H2,22,24,25). The van der Waals surface area contributed by atoms with E-state index in [1.165, 1.54) is 32.5 Å². The van der Waals surface area contributed by atoms with Gasteiger partial charge in [0.25, 0.3) is 0 Å². The molecule has 2 N–H and O–H groups in total. The molecule has 1 unspecified atom stereocenters. The number of aromatic nitrogens is 1. The van der Waals surface area contributed by atoms with Crippen molar-refractivity contribution in [1.29, 1.82) is 0 Å². The van der Waals surface area contributed by atoms with E-state index in [2.05, 4.69) is 67.1 Å². The average molecular weight is 378 g/mol. The SMILES string of the molecule is CCNC(=NCc1ncc(C(C)(C)C)o1)NCC1CCCN(CC(C)C)C1. The van der Waals surface area contributed by atoms with Gasteiger partial charge < -0.3 is 20.0 Å². The average Bonchev–Trinajstić information content (AvgIpc) is 3.06. The van der Waals surface area contributed by atoms with Crippen molar-refractivity contribution < 1.29 is 4.42 Å². The van der Waals surface area contributed by atoms with Crippen LogP contribution < -0.4 is 10.6 Å². The largest absolute Gasteiger partial charge is 0.443 e. The Morgan fingerprint density at radius 1 is 1.37 bits per heavy atom. The minimum Gasteiger partial charge on any atom is -0.443 e. The number of rotatable bonds is 7. The fourth-order valence-electron chi connectivity index (χ4n) is 3.46. The molecule has 1 fully saturated rings. The normalized spacial score (nSPS) is 19.5. The zero-order valence-corrected chi connectivity index (χ0v) is 18.1. The minimum atomic E-state index is -0.0272. The lowest BCUT2D eigenvalue weighted by Gasteiger charge is -2.34. The van der Waals surface area contributed by atoms with E-state index in [-0.39, 0.29) is 5.41 Å². The Bertz CT molecular complexity index is 588. The highest BCUT2D eigenvalue weighted by Gasteiger charge is 2.21. The molecule has 1 aromatic heterocycles. The van der Waals surface area contributed by atoms with E-state index in [0.717, 1.165) is 30.7 Å². The Morgan fingerprint density at radius 3 is 2.78 bits per heavy atom. The van der Waals surface area contributed by atoms with Crippen molar-refractivity contribution in [2.75, 3.05) is 32.7 Å². The number of hydrogen-bond donors (Lipinski definition) is 2. The zero-order chi connectivity index (χ0) is 19.9. The van der Waals surface area contributed by atoms with Gasteiger partial charge in [-0.1, -0.05) is 34.6 Å². The van der Waals surface area contributed by atoms with Crippen LogP contribution >= 0.6 is 0 Å². The maximum Gasteiger partial charge on any atom is 0.216 e. The molecule has 2 rings (SSSR count). The van der Waals surface area contributed by atoms with Crippen LogP contribution in [0.15, 0.2) is 15.6 Å². The molecule has 154 valence electrons. The number of piperidine rings is 1. The minimum absolute atomic E-state index is 0.0272. The zero-order valence-electron chi connectivity index (χ0n) is 18.1. The maximum absolute atomic E-state index is 5.84. The van der Waals surface area contributed by atoms with Crippen LogP contribution in [0, 0.1) is 11.8 Å². The van der Waals surface area contributed by atoms with Gasteiger partial charge >= 0.3 is 0 Å². The van der Waals surface area contributed by atoms with Gasteiger partial charge in [-0.2, -0.15) is 0 Å². The molecule has 6 heteroatoms. The number of hydrogen-bond acceptors (Lipinski definition) is 4. The van der Waals surface area contributed by atoms with Crippen molar-refractivity contribution in [2.24, 2.45) is 16.8 Å². The summed E-state index contributed by atoms with van der Waals surface area (Å²) >= 11 is 0. The first-order valence-corrected chi connectivity index (χ1v) is 10.5. The van der Waals surface area contributed by atoms with Crippen molar-refractivity contribution in [1.82, 2.24) is 20.5 Å². The quantitative estimate of drug-likeness (QED) is 0.563. The molecular weight excluding hydrogens is 338 g/mol. The highest BCUT2D eigenvalue weighted by Crippen LogP contribution is 2.22. The fourth-order valence-corrected chi connectivity index (χ4v) is 3.46. The molecular formula is C21H39N5O. The van der Waals surface area contributed by atoms with E-state index >= 15 is 0 Å². The molecule has 0 radical (unpaired) electrons. The number of nitrogens with one attached hydrogen (secondary N) is 2. The fraction of sp³-hybridized carbons (Fsp3) is 0.810. The molecule has 1 aliphatic rings. The lowest BCUT2D eigenvalue weighted by atomic mass is 9.94. The lowest BCUT2D eigenvalue weighted by Crippen LogP contribution is -2.45. The van der Waals surface area contributed by atoms with Gasteiger partial charge in [-0.3, -0.25) is 0 Å². The summed E-state index contributed by atoms with van der Waals surface area (Å²) in [5.74, 6) is 3.81. The molecule has 1 atom stereocenters. The van der Waals surface area contributed by atoms with Crippen molar-refractivity contribution in [2.45, 2.75) is 66.3 Å². The molecule has 0 aromatic carbocycles. The number of nitrogens with zero attached hydrogens (tertiary/aromatic N) is 3. The molecule has 1 aliphatic heterocycles. The van der Waals surface area contributed by atoms with Crippen molar-refractivity contribution in [3.63, 3.8) is 0 Å². The number of oxazole rings is 1. The lowest BCUT2D eigenvalue weighted by molar-refractivity contribution is 0.159. The van der Waals surface area contributed by atoms with E-state index in [0.29, 0.717) is 18.4 Å². The van der Waals surface area contributed by atoms with Gasteiger partial charge in [-0.05, 0) is 38.1 Å². The summed E-state index contributed by atoms with van der Waals surface area (Å²) in [5, 5.41) is 6.84. The summed E-state index contributed by atoms with van der Waals surface area (Å²) in [6, 6.07) is 0. The van der Waals surface area contributed by atoms with E-state index in [9.17, 15) is 0 Å². The molecule has 0 spiro atoms. The first kappa shape index (κ1) is 21.7. The molecule has 0 amide bonds. The number of guanidine groups is 1. The van der Waals surface area contributed by atoms with Crippen molar-refractivity contribution in [3.05, 3.63) is 17.8 Å². The monoisotopic (exact) mass is 377 g/mol. The van der Waals surface area contributed by atoms with Gasteiger partial charge in [0, 0.05) is 31.6 Å². The van der Waals surface area contributed by atoms with Crippen LogP contribution in [0.2, 0.25) is 0 Å². The van der Waals surface area contributed by atoms with Gasteiger partial charge in [-0.15, -0.1) is 0 Å². The third-order valence-electron chi connectivity index (χ3n) is 4.79. The third kappa shape index (κ3) is 7.53. The first-order chi connectivity index (χ1) is 12.8. The maximum atomic E-state index is 5.84. The predicted molar refractivity (Wildman–Crippen MR) is 112 cm³/mol. The molecule has 0 bridgehead atoms. The highest BCUT2D eigenvalue weighted by molar-refractivity contribution is 5.79. The molecule has 1 saturated heterocycles. The number of aliphatic imine (C=N–C) groups is 1. The number of likely N-dealkylation sites (tertiary alicyclic amines) is 1. The second-order valence-electron chi connectivity index (χ2n) is 9.11. The molecule has 2 heterocycles. The summed E-state index contributed by atoms with van der Waals surface area (Å²) in [7, 11) is 0. The molecule has 27 heavy (non-hydrogen) atoms. The molecule has 1 aromatic rings. The van der Waals surface area contributed by atoms with E-state index in [1.54, 1.807) is 0 Å². The van der Waals surface area contributed by atoms with Crippen LogP contribution in [0.5, 0.6) is 0 Å². The molecule has 0 saturated carbocycles. The van der Waals surface area contributed by atoms with Crippen molar-refractivity contribution in [3.8, 4) is 0 Å². The van der Waals surface area contributed by atoms with Gasteiger partial charge in [-0.25, -0.2) is 9.98 Å². The van der Waals surface area contributed by atoms with Crippen LogP contribution in [0.4, 0.5) is 0 Å². The van der Waals surface area contributed by atoms with E-state index in [1.807, 2.05) is 6.20 Å². The van der Waals surface area contributed by atoms with E-state index < -0.39 is 0 Å². The van der Waals surface area contributed by atoms with Gasteiger partial charge in [0.15, 0.2) is 5.96 Å². The summed E-state index contributed by atoms with van der Waals surface area (Å²) in [4.78, 5) is 11.6. The molecule has 0 aliphatic carbocycles. The van der Waals surface area contributed by atoms with Gasteiger partial charge in [0.2, 0.25) is 5.89 Å². The first-order valence-electron chi connectivity index (χ1n) is 10.5. The van der Waals surface area contributed by atoms with Crippen LogP contribution in [0.25, 0.3) is 0 Å². The smallest absolute Gasteiger partial charge is 0.216 e. The second-order valence-corrected chi connectivity index (χ2v) is 9.11. The van der Waals surface area contributed by atoms with Crippen molar-refractivity contribution >= 4 is 5.96 Å².